The van der Waals surface area contributed by atoms with Gasteiger partial charge in [0.05, 0.1) is 0 Å². The quantitative estimate of drug-likeness (QED) is 0.841. The van der Waals surface area contributed by atoms with Crippen molar-refractivity contribution in [3.63, 3.8) is 0 Å². The van der Waals surface area contributed by atoms with Gasteiger partial charge in [0, 0.05) is 44.6 Å². The molecule has 3 aliphatic rings. The molecule has 1 heterocycles. The zero-order chi connectivity index (χ0) is 16.2. The van der Waals surface area contributed by atoms with Crippen LogP contribution < -0.4 is 5.73 Å². The molecular weight excluding hydrogens is 326 g/mol. The molecule has 0 bridgehead atoms. The molecule has 2 N–H and O–H groups in total. The third-order valence-electron chi connectivity index (χ3n) is 6.05. The van der Waals surface area contributed by atoms with Gasteiger partial charge in [-0.1, -0.05) is 25.7 Å². The van der Waals surface area contributed by atoms with Crippen molar-refractivity contribution in [3.05, 3.63) is 0 Å². The summed E-state index contributed by atoms with van der Waals surface area (Å²) in [5, 5.41) is 0. The van der Waals surface area contributed by atoms with E-state index in [-0.39, 0.29) is 30.3 Å². The van der Waals surface area contributed by atoms with Gasteiger partial charge in [-0.25, -0.2) is 0 Å². The molecule has 3 rings (SSSR count). The lowest BCUT2D eigenvalue weighted by atomic mass is 9.88. The number of hydrogen-bond acceptors (Lipinski definition) is 3. The van der Waals surface area contributed by atoms with Gasteiger partial charge >= 0.3 is 0 Å². The van der Waals surface area contributed by atoms with Crippen molar-refractivity contribution in [1.82, 2.24) is 9.80 Å². The van der Waals surface area contributed by atoms with Crippen molar-refractivity contribution in [2.75, 3.05) is 26.2 Å². The number of carbonyl (C=O) groups is 2. The maximum absolute atomic E-state index is 12.6. The van der Waals surface area contributed by atoms with Gasteiger partial charge in [-0.05, 0) is 31.6 Å². The summed E-state index contributed by atoms with van der Waals surface area (Å²) in [6.07, 6.45) is 9.66. The molecular formula is C18H32ClN3O2. The summed E-state index contributed by atoms with van der Waals surface area (Å²) in [5.41, 5.74) is 6.08. The van der Waals surface area contributed by atoms with Crippen LogP contribution >= 0.6 is 12.4 Å². The van der Waals surface area contributed by atoms with Gasteiger partial charge < -0.3 is 15.5 Å². The van der Waals surface area contributed by atoms with E-state index in [2.05, 4.69) is 0 Å². The van der Waals surface area contributed by atoms with E-state index in [0.717, 1.165) is 32.1 Å². The Kier molecular flexibility index (Phi) is 7.35. The van der Waals surface area contributed by atoms with Crippen molar-refractivity contribution < 1.29 is 9.59 Å². The number of rotatable bonds is 3. The Hall–Kier alpha value is -0.810. The first-order valence-corrected chi connectivity index (χ1v) is 9.47. The normalized spacial score (nSPS) is 28.5. The summed E-state index contributed by atoms with van der Waals surface area (Å²) in [5.74, 6) is 1.17. The first-order chi connectivity index (χ1) is 11.1. The van der Waals surface area contributed by atoms with Gasteiger partial charge in [-0.2, -0.15) is 0 Å². The number of piperazine rings is 1. The molecule has 0 unspecified atom stereocenters. The van der Waals surface area contributed by atoms with Crippen molar-refractivity contribution in [2.24, 2.45) is 17.6 Å². The molecule has 5 nitrogen and oxygen atoms in total. The van der Waals surface area contributed by atoms with Crippen LogP contribution in [0, 0.1) is 11.8 Å². The van der Waals surface area contributed by atoms with Crippen LogP contribution in [0.15, 0.2) is 0 Å². The Morgan fingerprint density at radius 3 is 2.04 bits per heavy atom. The molecule has 0 aromatic carbocycles. The van der Waals surface area contributed by atoms with Crippen molar-refractivity contribution in [3.8, 4) is 0 Å². The number of nitrogens with zero attached hydrogens (tertiary/aromatic N) is 2. The Morgan fingerprint density at radius 2 is 1.46 bits per heavy atom. The Balaban J connectivity index is 0.00000208. The zero-order valence-corrected chi connectivity index (χ0v) is 15.4. The summed E-state index contributed by atoms with van der Waals surface area (Å²) in [7, 11) is 0. The first kappa shape index (κ1) is 19.5. The fourth-order valence-electron chi connectivity index (χ4n) is 4.46. The van der Waals surface area contributed by atoms with Crippen LogP contribution in [0.5, 0.6) is 0 Å². The van der Waals surface area contributed by atoms with E-state index in [1.165, 1.54) is 19.3 Å². The molecule has 2 atom stereocenters. The van der Waals surface area contributed by atoms with Crippen LogP contribution in [0.25, 0.3) is 0 Å². The lowest BCUT2D eigenvalue weighted by Crippen LogP contribution is -2.52. The van der Waals surface area contributed by atoms with E-state index in [9.17, 15) is 9.59 Å². The second kappa shape index (κ2) is 9.04. The third-order valence-corrected chi connectivity index (χ3v) is 6.05. The molecule has 0 aromatic heterocycles. The monoisotopic (exact) mass is 357 g/mol. The van der Waals surface area contributed by atoms with Gasteiger partial charge in [0.2, 0.25) is 11.8 Å². The molecule has 2 saturated carbocycles. The molecule has 2 aliphatic carbocycles. The number of halogens is 1. The number of amides is 2. The average molecular weight is 358 g/mol. The Bertz CT molecular complexity index is 432. The molecule has 6 heteroatoms. The molecule has 0 radical (unpaired) electrons. The lowest BCUT2D eigenvalue weighted by Gasteiger charge is -2.37. The standard InChI is InChI=1S/C18H31N3O2.ClH/c19-16-8-4-7-15(16)13-17(22)20-9-11-21(12-10-20)18(23)14-5-2-1-3-6-14;/h14-16H,1-13,19H2;1H/t15-,16+;/m0./s1. The Labute approximate surface area is 151 Å². The summed E-state index contributed by atoms with van der Waals surface area (Å²) in [6.45, 7) is 2.80. The van der Waals surface area contributed by atoms with Crippen LogP contribution in [0.2, 0.25) is 0 Å². The SMILES string of the molecule is Cl.N[C@@H]1CCC[C@H]1CC(=O)N1CCN(C(=O)C2CCCCC2)CC1. The van der Waals surface area contributed by atoms with Crippen LogP contribution in [0.4, 0.5) is 0 Å². The summed E-state index contributed by atoms with van der Waals surface area (Å²) in [6, 6.07) is 0.202. The number of hydrogen-bond donors (Lipinski definition) is 1. The molecule has 1 aliphatic heterocycles. The molecule has 3 fully saturated rings. The smallest absolute Gasteiger partial charge is 0.225 e. The first-order valence-electron chi connectivity index (χ1n) is 9.47. The van der Waals surface area contributed by atoms with Gasteiger partial charge in [0.1, 0.15) is 0 Å². The molecule has 24 heavy (non-hydrogen) atoms. The molecule has 1 saturated heterocycles. The van der Waals surface area contributed by atoms with Gasteiger partial charge in [-0.15, -0.1) is 12.4 Å². The summed E-state index contributed by atoms with van der Waals surface area (Å²) in [4.78, 5) is 28.9. The molecule has 138 valence electrons. The van der Waals surface area contributed by atoms with E-state index < -0.39 is 0 Å². The van der Waals surface area contributed by atoms with Gasteiger partial charge in [0.25, 0.3) is 0 Å². The van der Waals surface area contributed by atoms with E-state index in [0.29, 0.717) is 44.4 Å². The fraction of sp³-hybridized carbons (Fsp3) is 0.889. The van der Waals surface area contributed by atoms with E-state index in [1.54, 1.807) is 0 Å². The Morgan fingerprint density at radius 1 is 0.833 bits per heavy atom. The second-order valence-electron chi connectivity index (χ2n) is 7.60. The minimum atomic E-state index is 0. The van der Waals surface area contributed by atoms with Gasteiger partial charge in [0.15, 0.2) is 0 Å². The molecule has 2 amide bonds. The predicted octanol–water partition coefficient (Wildman–Crippen LogP) is 2.18. The average Bonchev–Trinajstić information content (AvgIpc) is 3.00. The topological polar surface area (TPSA) is 66.6 Å². The fourth-order valence-corrected chi connectivity index (χ4v) is 4.46. The van der Waals surface area contributed by atoms with Crippen molar-refractivity contribution in [1.29, 1.82) is 0 Å². The highest BCUT2D eigenvalue weighted by atomic mass is 35.5. The molecule has 0 spiro atoms. The van der Waals surface area contributed by atoms with Crippen molar-refractivity contribution >= 4 is 24.2 Å². The maximum Gasteiger partial charge on any atom is 0.225 e. The maximum atomic E-state index is 12.6. The van der Waals surface area contributed by atoms with Crippen LogP contribution in [-0.4, -0.2) is 53.8 Å². The number of carbonyl (C=O) groups excluding carboxylic acids is 2. The zero-order valence-electron chi connectivity index (χ0n) is 14.6. The van der Waals surface area contributed by atoms with Crippen LogP contribution in [-0.2, 0) is 9.59 Å². The minimum Gasteiger partial charge on any atom is -0.339 e. The second-order valence-corrected chi connectivity index (χ2v) is 7.60. The highest BCUT2D eigenvalue weighted by Gasteiger charge is 2.32. The summed E-state index contributed by atoms with van der Waals surface area (Å²) < 4.78 is 0. The number of nitrogens with two attached hydrogens (primary N) is 1. The van der Waals surface area contributed by atoms with E-state index in [4.69, 9.17) is 5.73 Å². The van der Waals surface area contributed by atoms with E-state index in [1.807, 2.05) is 9.80 Å². The largest absolute Gasteiger partial charge is 0.339 e. The van der Waals surface area contributed by atoms with E-state index >= 15 is 0 Å². The molecule has 0 aromatic rings. The van der Waals surface area contributed by atoms with Crippen molar-refractivity contribution in [2.45, 2.75) is 63.8 Å². The predicted molar refractivity (Wildman–Crippen MR) is 96.9 cm³/mol. The van der Waals surface area contributed by atoms with Gasteiger partial charge in [-0.3, -0.25) is 9.59 Å². The van der Waals surface area contributed by atoms with Crippen LogP contribution in [0.1, 0.15) is 57.8 Å². The highest BCUT2D eigenvalue weighted by molar-refractivity contribution is 5.85. The minimum absolute atomic E-state index is 0. The third kappa shape index (κ3) is 4.63. The highest BCUT2D eigenvalue weighted by Crippen LogP contribution is 2.28. The van der Waals surface area contributed by atoms with Crippen LogP contribution in [0.3, 0.4) is 0 Å². The lowest BCUT2D eigenvalue weighted by molar-refractivity contribution is -0.143. The summed E-state index contributed by atoms with van der Waals surface area (Å²) >= 11 is 0.